The fraction of sp³-hybridized carbons (Fsp3) is 0.327. The fourth-order valence-electron chi connectivity index (χ4n) is 20.1. The van der Waals surface area contributed by atoms with E-state index in [2.05, 4.69) is 164 Å². The van der Waals surface area contributed by atoms with Crippen molar-refractivity contribution in [3.05, 3.63) is 344 Å². The molecule has 14 heterocycles. The second-order valence-electron chi connectivity index (χ2n) is 35.6. The van der Waals surface area contributed by atoms with Crippen LogP contribution in [0.5, 0.6) is 11.5 Å². The molecule has 5 N–H and O–H groups in total. The van der Waals surface area contributed by atoms with E-state index in [1.165, 1.54) is 109 Å². The van der Waals surface area contributed by atoms with Gasteiger partial charge in [0, 0.05) is 111 Å². The number of fused-ring (bicyclic) bond motifs is 7. The van der Waals surface area contributed by atoms with Crippen molar-refractivity contribution >= 4 is 41.4 Å². The van der Waals surface area contributed by atoms with Crippen LogP contribution in [-0.4, -0.2) is 134 Å². The van der Waals surface area contributed by atoms with E-state index < -0.39 is 12.2 Å². The van der Waals surface area contributed by atoms with E-state index in [1.807, 2.05) is 192 Å². The number of aliphatic imine (C=N–C) groups is 1. The number of nitrogens with one attached hydrogen (secondary N) is 5. The van der Waals surface area contributed by atoms with Crippen LogP contribution in [0.3, 0.4) is 0 Å². The van der Waals surface area contributed by atoms with Crippen LogP contribution in [0, 0.1) is 79.3 Å². The van der Waals surface area contributed by atoms with Gasteiger partial charge in [0.2, 0.25) is 5.91 Å². The number of aromatic nitrogens is 14. The normalized spacial score (nSPS) is 17.2. The summed E-state index contributed by atoms with van der Waals surface area (Å²) in [5.74, 6) is 2.77. The van der Waals surface area contributed by atoms with E-state index in [1.54, 1.807) is 38.4 Å². The molecule has 7 unspecified atom stereocenters. The minimum Gasteiger partial charge on any atom is -0.495 e. The van der Waals surface area contributed by atoms with Gasteiger partial charge in [0.25, 0.3) is 0 Å². The van der Waals surface area contributed by atoms with E-state index in [0.29, 0.717) is 80.2 Å². The Bertz CT molecular complexity index is 6940. The van der Waals surface area contributed by atoms with Crippen LogP contribution in [0.1, 0.15) is 269 Å². The molecule has 7 aromatic carbocycles. The molecule has 14 aromatic rings. The molecule has 0 spiro atoms. The Morgan fingerprint density at radius 3 is 1.08 bits per heavy atom. The summed E-state index contributed by atoms with van der Waals surface area (Å²) in [6, 6.07) is 60.9. The minimum absolute atomic E-state index is 0.158. The number of benzene rings is 7. The molecule has 33 heteroatoms. The topological polar surface area (TPSA) is 443 Å². The summed E-state index contributed by atoms with van der Waals surface area (Å²) in [5, 5.41) is 77.4. The van der Waals surface area contributed by atoms with Crippen molar-refractivity contribution in [2.45, 2.75) is 191 Å². The van der Waals surface area contributed by atoms with Crippen LogP contribution in [0.2, 0.25) is 0 Å². The number of carbonyl (C=O) groups is 3. The van der Waals surface area contributed by atoms with Crippen LogP contribution in [0.15, 0.2) is 220 Å². The Morgan fingerprint density at radius 1 is 0.385 bits per heavy atom. The second-order valence-corrected chi connectivity index (χ2v) is 35.6. The minimum atomic E-state index is -0.583. The Balaban J connectivity index is 0.000000126. The Morgan fingerprint density at radius 2 is 0.720 bits per heavy atom. The monoisotopic (exact) mass is 1910 g/mol. The summed E-state index contributed by atoms with van der Waals surface area (Å²) in [5.41, 5.74) is 22.7. The Hall–Kier alpha value is -17.3. The number of ether oxygens (including phenoxy) is 3. The zero-order valence-electron chi connectivity index (χ0n) is 81.2. The highest BCUT2D eigenvalue weighted by atomic mass is 16.6. The fourth-order valence-corrected chi connectivity index (χ4v) is 20.1. The van der Waals surface area contributed by atoms with Gasteiger partial charge in [-0.3, -0.25) is 15.1 Å². The number of imidazole rings is 7. The maximum absolute atomic E-state index is 11.4. The lowest BCUT2D eigenvalue weighted by molar-refractivity contribution is -0.114. The molecule has 21 rings (SSSR count). The van der Waals surface area contributed by atoms with E-state index in [0.717, 1.165) is 150 Å². The molecule has 33 nitrogen and oxygen atoms in total. The highest BCUT2D eigenvalue weighted by Crippen LogP contribution is 2.41. The molecule has 0 fully saturated rings. The van der Waals surface area contributed by atoms with Gasteiger partial charge in [0.1, 0.15) is 41.9 Å². The number of anilines is 3. The lowest BCUT2D eigenvalue weighted by Gasteiger charge is -2.28. The number of amides is 3. The maximum atomic E-state index is 11.4. The van der Waals surface area contributed by atoms with Gasteiger partial charge in [-0.2, -0.15) is 36.8 Å². The van der Waals surface area contributed by atoms with Gasteiger partial charge >= 0.3 is 12.2 Å². The van der Waals surface area contributed by atoms with Gasteiger partial charge in [0.15, 0.2) is 11.6 Å². The number of rotatable bonds is 15. The maximum Gasteiger partial charge on any atom is 0.412 e. The summed E-state index contributed by atoms with van der Waals surface area (Å²) in [7, 11) is 9.94. The van der Waals surface area contributed by atoms with Crippen molar-refractivity contribution in [2.24, 2.45) is 4.99 Å². The van der Waals surface area contributed by atoms with Crippen molar-refractivity contribution in [1.82, 2.24) is 77.5 Å². The first kappa shape index (κ1) is 100. The molecular weight excluding hydrogens is 1800 g/mol. The number of hydrogen-bond acceptors (Lipinski definition) is 23. The molecular formula is C110H113N27O6. The molecule has 143 heavy (non-hydrogen) atoms. The largest absolute Gasteiger partial charge is 0.495 e. The molecule has 3 amide bonds. The molecule has 7 aromatic heterocycles. The van der Waals surface area contributed by atoms with Crippen molar-refractivity contribution in [3.8, 4) is 54.0 Å². The molecule has 724 valence electrons. The average Bonchev–Trinajstić information content (AvgIpc) is 1.68. The Kier molecular flexibility index (Phi) is 33.8. The summed E-state index contributed by atoms with van der Waals surface area (Å²) >= 11 is 0. The summed E-state index contributed by atoms with van der Waals surface area (Å²) < 4.78 is 30.7. The number of methoxy groups -OCH3 is 2. The van der Waals surface area contributed by atoms with Gasteiger partial charge in [-0.1, -0.05) is 54.6 Å². The Labute approximate surface area is 831 Å². The number of hydrogen-bond donors (Lipinski definition) is 5. The number of nitriles is 7. The van der Waals surface area contributed by atoms with Gasteiger partial charge in [-0.25, -0.2) is 44.5 Å². The van der Waals surface area contributed by atoms with Gasteiger partial charge in [0.05, 0.1) is 169 Å². The predicted octanol–water partition coefficient (Wildman–Crippen LogP) is 18.4. The zero-order valence-corrected chi connectivity index (χ0v) is 81.2. The quantitative estimate of drug-likeness (QED) is 0.0595. The van der Waals surface area contributed by atoms with Crippen molar-refractivity contribution in [2.75, 3.05) is 58.4 Å². The molecule has 0 bridgehead atoms. The molecule has 0 saturated carbocycles. The number of aryl methyl sites for hydroxylation is 7. The lowest BCUT2D eigenvalue weighted by Crippen LogP contribution is -2.23. The third-order valence-corrected chi connectivity index (χ3v) is 27.0. The summed E-state index contributed by atoms with van der Waals surface area (Å²) in [4.78, 5) is 68.4. The van der Waals surface area contributed by atoms with Crippen LogP contribution < -0.4 is 36.1 Å². The molecule has 7 aliphatic rings. The third kappa shape index (κ3) is 23.7. The summed E-state index contributed by atoms with van der Waals surface area (Å²) in [6.07, 6.45) is 46.4. The van der Waals surface area contributed by atoms with Crippen molar-refractivity contribution in [1.29, 1.82) is 36.8 Å². The van der Waals surface area contributed by atoms with E-state index in [9.17, 15) is 19.6 Å². The van der Waals surface area contributed by atoms with Gasteiger partial charge < -0.3 is 67.4 Å². The zero-order chi connectivity index (χ0) is 100. The van der Waals surface area contributed by atoms with Gasteiger partial charge in [-0.15, -0.1) is 0 Å². The molecule has 0 aliphatic carbocycles. The first-order chi connectivity index (χ1) is 70.0. The highest BCUT2D eigenvalue weighted by molar-refractivity contribution is 5.90. The molecule has 0 radical (unpaired) electrons. The SMILES string of the molecule is CC(=O)Nc1cc(C2CCCc3cncn32)ccc1C#N.CN=Cc1ncc2n1C(c1ccc(C#N)cc1)CCC2.CNC(=O)Oc1cc(C2CCCc3cncn32)ccc1C#N.CNCc1ncc2n1C(c1ccc(C#N)cc1)CCC2.CNc1cc(C2CCCc3cncn32)ccc1C#N.COC(=O)Nc1cc(C2CCCc3cncn32)ccc1C#N.COc1cc(C2CCCc3cncn32)ccc1C#N. The third-order valence-electron chi connectivity index (χ3n) is 27.0. The predicted molar refractivity (Wildman–Crippen MR) is 539 cm³/mol. The average molecular weight is 1910 g/mol. The van der Waals surface area contributed by atoms with Crippen molar-refractivity contribution in [3.63, 3.8) is 0 Å². The van der Waals surface area contributed by atoms with E-state index in [-0.39, 0.29) is 29.8 Å². The lowest BCUT2D eigenvalue weighted by atomic mass is 9.95. The standard InChI is InChI=1S/2C16H16N4O2.C16H16N4O.C16H18N4.C16H16N4.C15H16N4.C15H15N3O/c1-22-16(21)19-14-7-11(5-6-12(14)8-17)15-4-2-3-13-9-18-10-20(13)15;1-18-16(21)22-15-7-11(5-6-12(15)8-17)14-4-2-3-13-9-19-10-20(13)14;1-11(21)19-15-7-12(5-6-13(15)8-17)16-4-2-3-14-9-18-10-20(14)16;2*1-18-11-16-19-10-14-3-2-4-15(20(14)16)13-7-5-12(9-17)6-8-13;1-17-14-7-11(5-6-12(14)8-16)15-4-2-3-13-9-18-10-19(13)15;1-19-15-7-11(5-6-12(15)8-16)14-4-2-3-13-9-17-10-18(13)14/h5-7,9-10,15H,2-4H2,1H3,(H,19,21);5-7,9-10,14H,2-4H2,1H3,(H,18,21);5-7,9-10,16H,2-4H2,1H3,(H,19,21);5-8,10,15,18H,2-4,11H2,1H3;5-8,10-11,15H,2-4H2,1H3;5-7,9-10,15,17H,2-4H2,1H3;5-7,9-10,14H,2-4H2,1H3. The highest BCUT2D eigenvalue weighted by Gasteiger charge is 2.31. The first-order valence-corrected chi connectivity index (χ1v) is 48.1. The molecule has 7 aliphatic heterocycles. The van der Waals surface area contributed by atoms with Crippen LogP contribution >= 0.6 is 0 Å². The first-order valence-electron chi connectivity index (χ1n) is 48.1. The van der Waals surface area contributed by atoms with Crippen LogP contribution in [0.4, 0.5) is 26.7 Å². The van der Waals surface area contributed by atoms with Gasteiger partial charge in [-0.05, 0) is 266 Å². The van der Waals surface area contributed by atoms with E-state index >= 15 is 0 Å². The van der Waals surface area contributed by atoms with Crippen molar-refractivity contribution < 1.29 is 28.6 Å². The smallest absolute Gasteiger partial charge is 0.412 e. The van der Waals surface area contributed by atoms with E-state index in [4.69, 9.17) is 41.0 Å². The molecule has 0 saturated heterocycles. The number of carbonyl (C=O) groups excluding carboxylic acids is 3. The second kappa shape index (κ2) is 48.3. The molecule has 7 atom stereocenters. The van der Waals surface area contributed by atoms with Crippen LogP contribution in [0.25, 0.3) is 0 Å². The number of nitrogens with zero attached hydrogens (tertiary/aromatic N) is 22. The van der Waals surface area contributed by atoms with Crippen LogP contribution in [-0.2, 0) is 61.0 Å². The summed E-state index contributed by atoms with van der Waals surface area (Å²) in [6.45, 7) is 2.23.